The van der Waals surface area contributed by atoms with Crippen LogP contribution in [0.1, 0.15) is 5.56 Å². The first-order valence-corrected chi connectivity index (χ1v) is 4.09. The summed E-state index contributed by atoms with van der Waals surface area (Å²) in [4.78, 5) is 14.3. The summed E-state index contributed by atoms with van der Waals surface area (Å²) >= 11 is 0. The van der Waals surface area contributed by atoms with Gasteiger partial charge in [0.25, 0.3) is 0 Å². The van der Waals surface area contributed by atoms with Gasteiger partial charge in [-0.15, -0.1) is 0 Å². The Bertz CT molecular complexity index is 601. The first-order valence-electron chi connectivity index (χ1n) is 4.09. The molecule has 1 aliphatic rings. The van der Waals surface area contributed by atoms with Crippen LogP contribution in [-0.4, -0.2) is 21.3 Å². The minimum absolute atomic E-state index is 0.0277. The number of carboxylic acid groups (broad SMARTS) is 1. The van der Waals surface area contributed by atoms with E-state index in [2.05, 4.69) is 11.6 Å². The first-order chi connectivity index (χ1) is 7.02. The van der Waals surface area contributed by atoms with E-state index in [1.165, 1.54) is 12.1 Å². The maximum absolute atomic E-state index is 10.7. The SMILES string of the molecule is C=c1ccc2c(c1O)C(O)=C(C(=O)O)N=2. The Morgan fingerprint density at radius 1 is 1.33 bits per heavy atom. The highest BCUT2D eigenvalue weighted by Crippen LogP contribution is 2.23. The zero-order chi connectivity index (χ0) is 11.2. The Labute approximate surface area is 83.9 Å². The van der Waals surface area contributed by atoms with E-state index < -0.39 is 17.4 Å². The first kappa shape index (κ1) is 9.26. The average molecular weight is 205 g/mol. The van der Waals surface area contributed by atoms with Gasteiger partial charge >= 0.3 is 5.97 Å². The molecule has 2 rings (SSSR count). The normalized spacial score (nSPS) is 13.6. The molecule has 76 valence electrons. The van der Waals surface area contributed by atoms with Gasteiger partial charge in [0, 0.05) is 5.22 Å². The van der Waals surface area contributed by atoms with Crippen LogP contribution in [-0.2, 0) is 4.79 Å². The molecule has 0 atom stereocenters. The summed E-state index contributed by atoms with van der Waals surface area (Å²) < 4.78 is 0. The summed E-state index contributed by atoms with van der Waals surface area (Å²) in [6, 6.07) is 2.99. The number of hydrogen-bond acceptors (Lipinski definition) is 4. The number of fused-ring (bicyclic) bond motifs is 1. The number of hydrogen-bond donors (Lipinski definition) is 3. The van der Waals surface area contributed by atoms with Gasteiger partial charge in [0.2, 0.25) is 0 Å². The third-order valence-electron chi connectivity index (χ3n) is 2.14. The number of phenolic OH excluding ortho intramolecular Hbond substituents is 1. The predicted octanol–water partition coefficient (Wildman–Crippen LogP) is -0.253. The molecule has 1 heterocycles. The highest BCUT2D eigenvalue weighted by molar-refractivity contribution is 5.96. The molecule has 0 fully saturated rings. The van der Waals surface area contributed by atoms with Crippen molar-refractivity contribution >= 4 is 18.3 Å². The monoisotopic (exact) mass is 205 g/mol. The number of benzene rings is 1. The van der Waals surface area contributed by atoms with Crippen molar-refractivity contribution in [3.05, 3.63) is 34.0 Å². The summed E-state index contributed by atoms with van der Waals surface area (Å²) in [7, 11) is 0. The fraction of sp³-hybridized carbons (Fsp3) is 0. The Morgan fingerprint density at radius 3 is 2.60 bits per heavy atom. The molecular formula is C10H7NO4. The standard InChI is InChI=1S/C10H7NO4/c1-4-2-3-5-6(8(4)12)9(13)7(11-5)10(14)15/h2-3,12-13H,1H2,(H,14,15). The summed E-state index contributed by atoms with van der Waals surface area (Å²) in [6.07, 6.45) is 0. The highest BCUT2D eigenvalue weighted by atomic mass is 16.4. The van der Waals surface area contributed by atoms with Gasteiger partial charge < -0.3 is 15.3 Å². The molecule has 0 aliphatic carbocycles. The summed E-state index contributed by atoms with van der Waals surface area (Å²) in [5, 5.41) is 28.4. The van der Waals surface area contributed by atoms with Crippen LogP contribution in [0.2, 0.25) is 0 Å². The van der Waals surface area contributed by atoms with Crippen molar-refractivity contribution in [2.45, 2.75) is 0 Å². The second-order valence-electron chi connectivity index (χ2n) is 3.08. The van der Waals surface area contributed by atoms with Crippen molar-refractivity contribution < 1.29 is 20.1 Å². The lowest BCUT2D eigenvalue weighted by Gasteiger charge is -1.99. The maximum Gasteiger partial charge on any atom is 0.358 e. The van der Waals surface area contributed by atoms with Crippen LogP contribution in [0.5, 0.6) is 5.75 Å². The third-order valence-corrected chi connectivity index (χ3v) is 2.14. The number of carboxylic acids is 1. The summed E-state index contributed by atoms with van der Waals surface area (Å²) in [6.45, 7) is 3.53. The molecule has 3 N–H and O–H groups in total. The second-order valence-corrected chi connectivity index (χ2v) is 3.08. The van der Waals surface area contributed by atoms with Crippen molar-refractivity contribution in [3.8, 4) is 5.75 Å². The summed E-state index contributed by atoms with van der Waals surface area (Å²) in [5.41, 5.74) is -0.439. The van der Waals surface area contributed by atoms with Gasteiger partial charge in [-0.3, -0.25) is 0 Å². The Kier molecular flexibility index (Phi) is 1.76. The number of carbonyl (C=O) groups is 1. The lowest BCUT2D eigenvalue weighted by molar-refractivity contribution is -0.132. The molecule has 0 radical (unpaired) electrons. The van der Waals surface area contributed by atoms with Crippen LogP contribution < -0.4 is 10.6 Å². The molecule has 0 spiro atoms. The molecule has 1 aliphatic heterocycles. The van der Waals surface area contributed by atoms with E-state index in [4.69, 9.17) is 5.11 Å². The van der Waals surface area contributed by atoms with E-state index in [0.29, 0.717) is 5.22 Å². The maximum atomic E-state index is 10.7. The van der Waals surface area contributed by atoms with Crippen LogP contribution in [0.15, 0.2) is 22.8 Å². The van der Waals surface area contributed by atoms with E-state index in [9.17, 15) is 15.0 Å². The number of aliphatic carboxylic acids is 1. The topological polar surface area (TPSA) is 90.1 Å². The number of aliphatic hydroxyl groups is 1. The smallest absolute Gasteiger partial charge is 0.358 e. The van der Waals surface area contributed by atoms with Crippen LogP contribution in [0, 0.1) is 0 Å². The van der Waals surface area contributed by atoms with Gasteiger partial charge in [-0.05, 0) is 12.1 Å². The molecule has 1 aromatic rings. The minimum Gasteiger partial charge on any atom is -0.506 e. The van der Waals surface area contributed by atoms with Crippen LogP contribution in [0.3, 0.4) is 0 Å². The fourth-order valence-electron chi connectivity index (χ4n) is 1.39. The van der Waals surface area contributed by atoms with Gasteiger partial charge in [0.15, 0.2) is 11.5 Å². The lowest BCUT2D eigenvalue weighted by Crippen LogP contribution is -2.11. The second kappa shape index (κ2) is 2.84. The fourth-order valence-corrected chi connectivity index (χ4v) is 1.39. The van der Waals surface area contributed by atoms with Gasteiger partial charge in [0.1, 0.15) is 5.75 Å². The Morgan fingerprint density at radius 2 is 2.00 bits per heavy atom. The molecule has 1 aromatic carbocycles. The van der Waals surface area contributed by atoms with E-state index in [-0.39, 0.29) is 16.7 Å². The van der Waals surface area contributed by atoms with E-state index >= 15 is 0 Å². The molecule has 0 saturated carbocycles. The largest absolute Gasteiger partial charge is 0.506 e. The highest BCUT2D eigenvalue weighted by Gasteiger charge is 2.24. The number of rotatable bonds is 1. The molecule has 5 nitrogen and oxygen atoms in total. The molecule has 5 heteroatoms. The van der Waals surface area contributed by atoms with Gasteiger partial charge in [-0.1, -0.05) is 6.58 Å². The average Bonchev–Trinajstić information content (AvgIpc) is 2.50. The van der Waals surface area contributed by atoms with Crippen molar-refractivity contribution in [2.24, 2.45) is 4.99 Å². The van der Waals surface area contributed by atoms with Gasteiger partial charge in [0.05, 0.1) is 10.9 Å². The van der Waals surface area contributed by atoms with E-state index in [1.807, 2.05) is 0 Å². The summed E-state index contributed by atoms with van der Waals surface area (Å²) in [5.74, 6) is -2.11. The molecule has 0 saturated heterocycles. The van der Waals surface area contributed by atoms with Crippen LogP contribution >= 0.6 is 0 Å². The number of aliphatic hydroxyl groups excluding tert-OH is 1. The molecule has 0 amide bonds. The van der Waals surface area contributed by atoms with Crippen molar-refractivity contribution in [1.82, 2.24) is 0 Å². The number of aromatic hydroxyl groups is 1. The zero-order valence-corrected chi connectivity index (χ0v) is 7.56. The van der Waals surface area contributed by atoms with Crippen LogP contribution in [0.25, 0.3) is 12.3 Å². The van der Waals surface area contributed by atoms with Gasteiger partial charge in [-0.25, -0.2) is 9.79 Å². The van der Waals surface area contributed by atoms with Crippen molar-refractivity contribution in [2.75, 3.05) is 0 Å². The quantitative estimate of drug-likeness (QED) is 0.589. The number of nitrogens with zero attached hydrogens (tertiary/aromatic N) is 1. The molecule has 0 bridgehead atoms. The number of phenols is 1. The lowest BCUT2D eigenvalue weighted by atomic mass is 10.1. The Balaban J connectivity index is 2.83. The molecule has 15 heavy (non-hydrogen) atoms. The molecule has 0 unspecified atom stereocenters. The molecular weight excluding hydrogens is 198 g/mol. The van der Waals surface area contributed by atoms with Crippen LogP contribution in [0.4, 0.5) is 0 Å². The third kappa shape index (κ3) is 1.17. The van der Waals surface area contributed by atoms with E-state index in [0.717, 1.165) is 0 Å². The van der Waals surface area contributed by atoms with Gasteiger partial charge in [-0.2, -0.15) is 0 Å². The zero-order valence-electron chi connectivity index (χ0n) is 7.56. The van der Waals surface area contributed by atoms with Crippen molar-refractivity contribution in [3.63, 3.8) is 0 Å². The Hall–Kier alpha value is -2.30. The minimum atomic E-state index is -1.34. The molecule has 0 aromatic heterocycles. The van der Waals surface area contributed by atoms with Crippen molar-refractivity contribution in [1.29, 1.82) is 0 Å². The predicted molar refractivity (Wildman–Crippen MR) is 51.6 cm³/mol. The van der Waals surface area contributed by atoms with E-state index in [1.54, 1.807) is 0 Å².